The van der Waals surface area contributed by atoms with Crippen LogP contribution in [0.3, 0.4) is 0 Å². The highest BCUT2D eigenvalue weighted by Crippen LogP contribution is 2.19. The predicted octanol–water partition coefficient (Wildman–Crippen LogP) is 4.38. The molecule has 3 aromatic rings. The topological polar surface area (TPSA) is 66.5 Å². The maximum atomic E-state index is 12.9. The van der Waals surface area contributed by atoms with Crippen LogP contribution in [0, 0.1) is 13.8 Å². The molecule has 0 aliphatic carbocycles. The molecule has 150 valence electrons. The van der Waals surface area contributed by atoms with Crippen molar-refractivity contribution in [1.29, 1.82) is 0 Å². The molecule has 6 heteroatoms. The number of carbonyl (C=O) groups excluding carboxylic acids is 1. The maximum Gasteiger partial charge on any atom is 0.261 e. The molecule has 0 aliphatic heterocycles. The van der Waals surface area contributed by atoms with E-state index >= 15 is 0 Å². The molecule has 0 atom stereocenters. The predicted molar refractivity (Wildman–Crippen MR) is 115 cm³/mol. The summed E-state index contributed by atoms with van der Waals surface area (Å²) in [5.41, 5.74) is 4.16. The smallest absolute Gasteiger partial charge is 0.261 e. The maximum absolute atomic E-state index is 12.9. The number of rotatable bonds is 6. The number of anilines is 1. The number of hydrogen-bond acceptors (Lipinski definition) is 3. The van der Waals surface area contributed by atoms with Gasteiger partial charge in [-0.15, -0.1) is 0 Å². The van der Waals surface area contributed by atoms with Crippen LogP contribution in [0.2, 0.25) is 0 Å². The SMILES string of the molecule is Cc1ccc(CN(C)C(=O)c2cccc(NS(=O)(=O)c3ccccc3)c2)c(C)c1. The Balaban J connectivity index is 1.77. The van der Waals surface area contributed by atoms with Crippen LogP contribution in [-0.2, 0) is 16.6 Å². The zero-order chi connectivity index (χ0) is 21.0. The molecule has 0 aromatic heterocycles. The lowest BCUT2D eigenvalue weighted by Gasteiger charge is -2.19. The van der Waals surface area contributed by atoms with Crippen LogP contribution in [-0.4, -0.2) is 26.3 Å². The summed E-state index contributed by atoms with van der Waals surface area (Å²) in [6.45, 7) is 4.54. The number of sulfonamides is 1. The summed E-state index contributed by atoms with van der Waals surface area (Å²) in [6.07, 6.45) is 0. The van der Waals surface area contributed by atoms with Crippen molar-refractivity contribution < 1.29 is 13.2 Å². The van der Waals surface area contributed by atoms with Crippen molar-refractivity contribution in [3.63, 3.8) is 0 Å². The van der Waals surface area contributed by atoms with Crippen molar-refractivity contribution in [1.82, 2.24) is 4.90 Å². The highest BCUT2D eigenvalue weighted by Gasteiger charge is 2.17. The van der Waals surface area contributed by atoms with E-state index in [2.05, 4.69) is 10.8 Å². The van der Waals surface area contributed by atoms with Crippen molar-refractivity contribution in [2.24, 2.45) is 0 Å². The number of benzene rings is 3. The largest absolute Gasteiger partial charge is 0.337 e. The lowest BCUT2D eigenvalue weighted by Crippen LogP contribution is -2.26. The number of carbonyl (C=O) groups is 1. The molecule has 0 radical (unpaired) electrons. The minimum absolute atomic E-state index is 0.170. The Bertz CT molecular complexity index is 1130. The third-order valence-corrected chi connectivity index (χ3v) is 6.06. The normalized spacial score (nSPS) is 11.1. The van der Waals surface area contributed by atoms with Gasteiger partial charge in [-0.25, -0.2) is 8.42 Å². The Morgan fingerprint density at radius 3 is 2.34 bits per heavy atom. The summed E-state index contributed by atoms with van der Waals surface area (Å²) < 4.78 is 27.6. The minimum Gasteiger partial charge on any atom is -0.337 e. The zero-order valence-corrected chi connectivity index (χ0v) is 17.5. The fourth-order valence-electron chi connectivity index (χ4n) is 3.10. The van der Waals surface area contributed by atoms with Crippen molar-refractivity contribution in [2.75, 3.05) is 11.8 Å². The van der Waals surface area contributed by atoms with Gasteiger partial charge in [-0.3, -0.25) is 9.52 Å². The first-order valence-electron chi connectivity index (χ1n) is 9.26. The molecule has 3 rings (SSSR count). The van der Waals surface area contributed by atoms with Crippen LogP contribution < -0.4 is 4.72 Å². The number of amides is 1. The Morgan fingerprint density at radius 2 is 1.66 bits per heavy atom. The van der Waals surface area contributed by atoms with E-state index in [0.29, 0.717) is 17.8 Å². The molecule has 0 fully saturated rings. The Morgan fingerprint density at radius 1 is 0.931 bits per heavy atom. The van der Waals surface area contributed by atoms with Crippen LogP contribution >= 0.6 is 0 Å². The second-order valence-corrected chi connectivity index (χ2v) is 8.77. The molecule has 0 unspecified atom stereocenters. The molecule has 0 bridgehead atoms. The Kier molecular flexibility index (Phi) is 6.03. The van der Waals surface area contributed by atoms with Gasteiger partial charge in [-0.05, 0) is 55.3 Å². The third kappa shape index (κ3) is 5.03. The fourth-order valence-corrected chi connectivity index (χ4v) is 4.17. The highest BCUT2D eigenvalue weighted by atomic mass is 32.2. The van der Waals surface area contributed by atoms with Gasteiger partial charge in [-0.1, -0.05) is 48.0 Å². The van der Waals surface area contributed by atoms with Crippen LogP contribution in [0.15, 0.2) is 77.7 Å². The molecule has 5 nitrogen and oxygen atoms in total. The van der Waals surface area contributed by atoms with Gasteiger partial charge in [0.15, 0.2) is 0 Å². The standard InChI is InChI=1S/C23H24N2O3S/c1-17-12-13-20(18(2)14-17)16-25(3)23(26)19-8-7-9-21(15-19)24-29(27,28)22-10-5-4-6-11-22/h4-15,24H,16H2,1-3H3. The number of nitrogens with one attached hydrogen (secondary N) is 1. The molecule has 3 aromatic carbocycles. The Labute approximate surface area is 172 Å². The van der Waals surface area contributed by atoms with E-state index in [9.17, 15) is 13.2 Å². The van der Waals surface area contributed by atoms with Crippen molar-refractivity contribution in [3.8, 4) is 0 Å². The summed E-state index contributed by atoms with van der Waals surface area (Å²) in [7, 11) is -1.97. The summed E-state index contributed by atoms with van der Waals surface area (Å²) >= 11 is 0. The van der Waals surface area contributed by atoms with Crippen LogP contribution in [0.25, 0.3) is 0 Å². The average molecular weight is 409 g/mol. The van der Waals surface area contributed by atoms with E-state index in [4.69, 9.17) is 0 Å². The summed E-state index contributed by atoms with van der Waals surface area (Å²) in [4.78, 5) is 14.7. The van der Waals surface area contributed by atoms with Crippen molar-refractivity contribution >= 4 is 21.6 Å². The Hall–Kier alpha value is -3.12. The van der Waals surface area contributed by atoms with Crippen LogP contribution in [0.1, 0.15) is 27.0 Å². The second kappa shape index (κ2) is 8.49. The molecule has 0 heterocycles. The summed E-state index contributed by atoms with van der Waals surface area (Å²) in [6, 6.07) is 20.8. The average Bonchev–Trinajstić information content (AvgIpc) is 2.70. The quantitative estimate of drug-likeness (QED) is 0.658. The highest BCUT2D eigenvalue weighted by molar-refractivity contribution is 7.92. The summed E-state index contributed by atoms with van der Waals surface area (Å²) in [5.74, 6) is -0.175. The fraction of sp³-hybridized carbons (Fsp3) is 0.174. The monoisotopic (exact) mass is 408 g/mol. The molecule has 29 heavy (non-hydrogen) atoms. The van der Waals surface area contributed by atoms with Gasteiger partial charge < -0.3 is 4.90 Å². The third-order valence-electron chi connectivity index (χ3n) is 4.67. The van der Waals surface area contributed by atoms with Gasteiger partial charge in [0, 0.05) is 24.8 Å². The molecular formula is C23H24N2O3S. The van der Waals surface area contributed by atoms with Gasteiger partial charge in [0.1, 0.15) is 0 Å². The molecule has 0 aliphatic rings. The second-order valence-electron chi connectivity index (χ2n) is 7.09. The van der Waals surface area contributed by atoms with E-state index in [-0.39, 0.29) is 10.8 Å². The van der Waals surface area contributed by atoms with E-state index < -0.39 is 10.0 Å². The van der Waals surface area contributed by atoms with Gasteiger partial charge in [0.25, 0.3) is 15.9 Å². The first kappa shape index (κ1) is 20.6. The van der Waals surface area contributed by atoms with Crippen LogP contribution in [0.4, 0.5) is 5.69 Å². The molecular weight excluding hydrogens is 384 g/mol. The van der Waals surface area contributed by atoms with Crippen molar-refractivity contribution in [3.05, 3.63) is 95.1 Å². The number of hydrogen-bond donors (Lipinski definition) is 1. The van der Waals surface area contributed by atoms with Crippen LogP contribution in [0.5, 0.6) is 0 Å². The number of nitrogens with zero attached hydrogens (tertiary/aromatic N) is 1. The number of aryl methyl sites for hydroxylation is 2. The van der Waals surface area contributed by atoms with E-state index in [1.807, 2.05) is 26.0 Å². The first-order valence-corrected chi connectivity index (χ1v) is 10.7. The van der Waals surface area contributed by atoms with Gasteiger partial charge in [0.05, 0.1) is 4.90 Å². The van der Waals surface area contributed by atoms with E-state index in [0.717, 1.165) is 11.1 Å². The van der Waals surface area contributed by atoms with Gasteiger partial charge >= 0.3 is 0 Å². The van der Waals surface area contributed by atoms with Crippen molar-refractivity contribution in [2.45, 2.75) is 25.3 Å². The molecule has 1 amide bonds. The molecule has 0 saturated heterocycles. The van der Waals surface area contributed by atoms with Gasteiger partial charge in [-0.2, -0.15) is 0 Å². The molecule has 0 saturated carbocycles. The molecule has 1 N–H and O–H groups in total. The summed E-state index contributed by atoms with van der Waals surface area (Å²) in [5, 5.41) is 0. The van der Waals surface area contributed by atoms with Gasteiger partial charge in [0.2, 0.25) is 0 Å². The van der Waals surface area contributed by atoms with E-state index in [1.54, 1.807) is 54.4 Å². The molecule has 0 spiro atoms. The minimum atomic E-state index is -3.71. The lowest BCUT2D eigenvalue weighted by atomic mass is 10.1. The zero-order valence-electron chi connectivity index (χ0n) is 16.7. The van der Waals surface area contributed by atoms with E-state index in [1.165, 1.54) is 17.7 Å². The first-order chi connectivity index (χ1) is 13.8. The lowest BCUT2D eigenvalue weighted by molar-refractivity contribution is 0.0785.